The van der Waals surface area contributed by atoms with Crippen LogP contribution in [0.25, 0.3) is 0 Å². The fraction of sp³-hybridized carbons (Fsp3) is 0.269. The third-order valence-corrected chi connectivity index (χ3v) is 9.99. The summed E-state index contributed by atoms with van der Waals surface area (Å²) in [5.41, 5.74) is 1.16. The van der Waals surface area contributed by atoms with Crippen LogP contribution >= 0.6 is 0 Å². The first-order valence-corrected chi connectivity index (χ1v) is 14.7. The van der Waals surface area contributed by atoms with Crippen molar-refractivity contribution in [2.75, 3.05) is 36.9 Å². The van der Waals surface area contributed by atoms with Crippen molar-refractivity contribution in [3.8, 4) is 5.75 Å². The lowest BCUT2D eigenvalue weighted by Gasteiger charge is -2.25. The summed E-state index contributed by atoms with van der Waals surface area (Å²) in [4.78, 5) is 13.0. The third kappa shape index (κ3) is 5.79. The monoisotopic (exact) mass is 543 g/mol. The lowest BCUT2D eigenvalue weighted by molar-refractivity contribution is 0.102. The first kappa shape index (κ1) is 26.6. The lowest BCUT2D eigenvalue weighted by atomic mass is 10.2. The Hall–Kier alpha value is -3.41. The molecule has 37 heavy (non-hydrogen) atoms. The van der Waals surface area contributed by atoms with E-state index in [1.165, 1.54) is 54.9 Å². The number of nitrogens with zero attached hydrogens (tertiary/aromatic N) is 2. The maximum atomic E-state index is 13.0. The second-order valence-electron chi connectivity index (χ2n) is 8.64. The van der Waals surface area contributed by atoms with Gasteiger partial charge in [0, 0.05) is 31.4 Å². The summed E-state index contributed by atoms with van der Waals surface area (Å²) in [6.07, 6.45) is 2.75. The molecule has 4 rings (SSSR count). The van der Waals surface area contributed by atoms with Crippen molar-refractivity contribution in [1.82, 2.24) is 4.31 Å². The van der Waals surface area contributed by atoms with E-state index in [4.69, 9.17) is 4.74 Å². The number of carbonyl (C=O) groups is 1. The molecule has 11 heteroatoms. The molecule has 0 saturated carbocycles. The Labute approximate surface area is 217 Å². The molecule has 0 bridgehead atoms. The molecule has 1 heterocycles. The number of ether oxygens (including phenoxy) is 1. The van der Waals surface area contributed by atoms with E-state index in [1.54, 1.807) is 36.4 Å². The summed E-state index contributed by atoms with van der Waals surface area (Å²) in [5, 5.41) is 2.74. The third-order valence-electron chi connectivity index (χ3n) is 6.28. The number of anilines is 2. The largest absolute Gasteiger partial charge is 0.497 e. The van der Waals surface area contributed by atoms with Crippen LogP contribution < -0.4 is 14.4 Å². The highest BCUT2D eigenvalue weighted by Crippen LogP contribution is 2.25. The van der Waals surface area contributed by atoms with Gasteiger partial charge in [0.05, 0.1) is 22.6 Å². The molecule has 3 aromatic carbocycles. The average Bonchev–Trinajstić information content (AvgIpc) is 2.93. The van der Waals surface area contributed by atoms with Gasteiger partial charge in [-0.1, -0.05) is 6.42 Å². The van der Waals surface area contributed by atoms with Crippen LogP contribution in [0.5, 0.6) is 5.75 Å². The van der Waals surface area contributed by atoms with Crippen molar-refractivity contribution in [3.63, 3.8) is 0 Å². The number of rotatable bonds is 8. The molecule has 1 fully saturated rings. The fourth-order valence-corrected chi connectivity index (χ4v) is 6.75. The summed E-state index contributed by atoms with van der Waals surface area (Å²) in [6, 6.07) is 18.3. The molecular weight excluding hydrogens is 514 g/mol. The molecule has 3 aromatic rings. The summed E-state index contributed by atoms with van der Waals surface area (Å²) < 4.78 is 59.2. The second-order valence-corrected chi connectivity index (χ2v) is 12.5. The van der Waals surface area contributed by atoms with Crippen LogP contribution in [0.2, 0.25) is 0 Å². The van der Waals surface area contributed by atoms with Crippen LogP contribution in [0.1, 0.15) is 29.6 Å². The lowest BCUT2D eigenvalue weighted by Crippen LogP contribution is -2.35. The minimum absolute atomic E-state index is 0.114. The zero-order chi connectivity index (χ0) is 26.6. The van der Waals surface area contributed by atoms with E-state index < -0.39 is 26.0 Å². The molecule has 1 aliphatic heterocycles. The van der Waals surface area contributed by atoms with Gasteiger partial charge in [-0.2, -0.15) is 4.31 Å². The van der Waals surface area contributed by atoms with Crippen LogP contribution in [0.3, 0.4) is 0 Å². The topological polar surface area (TPSA) is 113 Å². The summed E-state index contributed by atoms with van der Waals surface area (Å²) in [6.45, 7) is 1.04. The number of nitrogens with one attached hydrogen (secondary N) is 1. The van der Waals surface area contributed by atoms with Crippen molar-refractivity contribution in [2.24, 2.45) is 0 Å². The molecule has 0 aliphatic carbocycles. The van der Waals surface area contributed by atoms with Gasteiger partial charge in [0.2, 0.25) is 10.0 Å². The van der Waals surface area contributed by atoms with Gasteiger partial charge in [0.25, 0.3) is 15.9 Å². The van der Waals surface area contributed by atoms with E-state index in [0.717, 1.165) is 23.6 Å². The molecule has 0 spiro atoms. The highest BCUT2D eigenvalue weighted by atomic mass is 32.2. The van der Waals surface area contributed by atoms with Crippen LogP contribution in [-0.4, -0.2) is 54.3 Å². The number of piperidine rings is 1. The molecule has 0 radical (unpaired) electrons. The first-order valence-electron chi connectivity index (χ1n) is 11.8. The van der Waals surface area contributed by atoms with Gasteiger partial charge in [-0.3, -0.25) is 9.10 Å². The Morgan fingerprint density at radius 2 is 1.38 bits per heavy atom. The summed E-state index contributed by atoms with van der Waals surface area (Å²) in [5.74, 6) is 0.147. The second kappa shape index (κ2) is 10.9. The molecule has 1 saturated heterocycles. The van der Waals surface area contributed by atoms with Crippen molar-refractivity contribution in [1.29, 1.82) is 0 Å². The molecule has 9 nitrogen and oxygen atoms in total. The number of sulfonamides is 2. The number of benzene rings is 3. The maximum Gasteiger partial charge on any atom is 0.264 e. The van der Waals surface area contributed by atoms with Gasteiger partial charge < -0.3 is 10.1 Å². The van der Waals surface area contributed by atoms with Gasteiger partial charge in [0.1, 0.15) is 5.75 Å². The van der Waals surface area contributed by atoms with Crippen molar-refractivity contribution < 1.29 is 26.4 Å². The van der Waals surface area contributed by atoms with E-state index in [9.17, 15) is 21.6 Å². The number of amides is 1. The number of methoxy groups -OCH3 is 1. The fourth-order valence-electron chi connectivity index (χ4n) is 4.04. The van der Waals surface area contributed by atoms with Crippen molar-refractivity contribution in [2.45, 2.75) is 29.1 Å². The van der Waals surface area contributed by atoms with Crippen LogP contribution in [-0.2, 0) is 20.0 Å². The Bertz CT molecular complexity index is 1450. The predicted octanol–water partition coefficient (Wildman–Crippen LogP) is 3.95. The van der Waals surface area contributed by atoms with E-state index in [1.807, 2.05) is 0 Å². The predicted molar refractivity (Wildman–Crippen MR) is 142 cm³/mol. The molecule has 1 aliphatic rings. The molecule has 1 amide bonds. The van der Waals surface area contributed by atoms with Crippen LogP contribution in [0.4, 0.5) is 11.4 Å². The molecule has 1 N–H and O–H groups in total. The highest BCUT2D eigenvalue weighted by molar-refractivity contribution is 7.92. The van der Waals surface area contributed by atoms with E-state index in [2.05, 4.69) is 5.32 Å². The van der Waals surface area contributed by atoms with Crippen molar-refractivity contribution >= 4 is 37.3 Å². The van der Waals surface area contributed by atoms with Crippen LogP contribution in [0, 0.1) is 0 Å². The minimum Gasteiger partial charge on any atom is -0.497 e. The Morgan fingerprint density at radius 1 is 0.811 bits per heavy atom. The van der Waals surface area contributed by atoms with E-state index in [-0.39, 0.29) is 9.79 Å². The van der Waals surface area contributed by atoms with E-state index >= 15 is 0 Å². The molecule has 196 valence electrons. The van der Waals surface area contributed by atoms with Crippen LogP contribution in [0.15, 0.2) is 82.6 Å². The smallest absolute Gasteiger partial charge is 0.264 e. The number of hydrogen-bond donors (Lipinski definition) is 1. The standard InChI is InChI=1S/C26H29N3O6S2/c1-28(36(31,32)24-16-12-23(35-2)13-17-24)22-10-6-20(7-11-22)26(30)27-21-8-14-25(15-9-21)37(33,34)29-18-4-3-5-19-29/h6-17H,3-5,18-19H2,1-2H3,(H,27,30). The molecule has 0 atom stereocenters. The minimum atomic E-state index is -3.80. The van der Waals surface area contributed by atoms with Gasteiger partial charge in [0.15, 0.2) is 0 Å². The van der Waals surface area contributed by atoms with E-state index in [0.29, 0.717) is 35.8 Å². The molecule has 0 unspecified atom stereocenters. The average molecular weight is 544 g/mol. The number of hydrogen-bond acceptors (Lipinski definition) is 6. The van der Waals surface area contributed by atoms with Gasteiger partial charge in [-0.25, -0.2) is 16.8 Å². The summed E-state index contributed by atoms with van der Waals surface area (Å²) >= 11 is 0. The highest BCUT2D eigenvalue weighted by Gasteiger charge is 2.26. The maximum absolute atomic E-state index is 13.0. The molecule has 0 aromatic heterocycles. The van der Waals surface area contributed by atoms with Gasteiger partial charge in [-0.15, -0.1) is 0 Å². The van der Waals surface area contributed by atoms with Crippen molar-refractivity contribution in [3.05, 3.63) is 78.4 Å². The first-order chi connectivity index (χ1) is 17.6. The zero-order valence-corrected chi connectivity index (χ0v) is 22.3. The number of carbonyl (C=O) groups excluding carboxylic acids is 1. The van der Waals surface area contributed by atoms with Gasteiger partial charge in [-0.05, 0) is 85.6 Å². The SMILES string of the molecule is COc1ccc(S(=O)(=O)N(C)c2ccc(C(=O)Nc3ccc(S(=O)(=O)N4CCCCC4)cc3)cc2)cc1. The molecular formula is C26H29N3O6S2. The normalized spacial score (nSPS) is 14.6. The Kier molecular flexibility index (Phi) is 7.86. The summed E-state index contributed by atoms with van der Waals surface area (Å²) in [7, 11) is -4.40. The Balaban J connectivity index is 1.42. The van der Waals surface area contributed by atoms with Gasteiger partial charge >= 0.3 is 0 Å². The zero-order valence-electron chi connectivity index (χ0n) is 20.6. The Morgan fingerprint density at radius 3 is 1.95 bits per heavy atom. The quantitative estimate of drug-likeness (QED) is 0.460.